The van der Waals surface area contributed by atoms with Crippen molar-refractivity contribution < 1.29 is 22.9 Å². The molecule has 0 bridgehead atoms. The van der Waals surface area contributed by atoms with Crippen LogP contribution in [0, 0.1) is 10.1 Å². The number of esters is 1. The molecule has 0 aliphatic rings. The second-order valence-electron chi connectivity index (χ2n) is 4.65. The van der Waals surface area contributed by atoms with Crippen molar-refractivity contribution in [3.63, 3.8) is 0 Å². The highest BCUT2D eigenvalue weighted by Gasteiger charge is 2.32. The van der Waals surface area contributed by atoms with Crippen molar-refractivity contribution in [2.24, 2.45) is 7.05 Å². The van der Waals surface area contributed by atoms with Gasteiger partial charge in [-0.3, -0.25) is 10.1 Å². The summed E-state index contributed by atoms with van der Waals surface area (Å²) in [6.45, 7) is 1.68. The van der Waals surface area contributed by atoms with Crippen LogP contribution < -0.4 is 0 Å². The SMILES string of the molecule is CCOC(=O)c1cn(C)cc1S(=O)(=O)c1ccccc1[N+](=O)[O-]. The molecule has 0 spiro atoms. The van der Waals surface area contributed by atoms with Crippen LogP contribution in [0.2, 0.25) is 0 Å². The molecule has 0 fully saturated rings. The van der Waals surface area contributed by atoms with Crippen LogP contribution >= 0.6 is 0 Å². The number of carbonyl (C=O) groups excluding carboxylic acids is 1. The highest BCUT2D eigenvalue weighted by atomic mass is 32.2. The number of sulfone groups is 1. The Kier molecular flexibility index (Phi) is 4.50. The number of benzene rings is 1. The minimum Gasteiger partial charge on any atom is -0.462 e. The summed E-state index contributed by atoms with van der Waals surface area (Å²) >= 11 is 0. The fourth-order valence-electron chi connectivity index (χ4n) is 2.09. The van der Waals surface area contributed by atoms with Crippen LogP contribution in [-0.4, -0.2) is 30.5 Å². The number of aromatic nitrogens is 1. The number of hydrogen-bond donors (Lipinski definition) is 0. The van der Waals surface area contributed by atoms with Crippen molar-refractivity contribution in [3.05, 3.63) is 52.3 Å². The summed E-state index contributed by atoms with van der Waals surface area (Å²) in [5.74, 6) is -0.801. The molecule has 0 amide bonds. The first-order chi connectivity index (χ1) is 10.8. The summed E-state index contributed by atoms with van der Waals surface area (Å²) in [4.78, 5) is 21.4. The molecule has 0 unspecified atom stereocenters. The molecule has 0 saturated heterocycles. The topological polar surface area (TPSA) is 109 Å². The number of rotatable bonds is 5. The van der Waals surface area contributed by atoms with E-state index in [4.69, 9.17) is 4.74 Å². The van der Waals surface area contributed by atoms with Gasteiger partial charge in [-0.15, -0.1) is 0 Å². The minimum absolute atomic E-state index is 0.0820. The van der Waals surface area contributed by atoms with Gasteiger partial charge >= 0.3 is 5.97 Å². The number of ether oxygens (including phenoxy) is 1. The Hall–Kier alpha value is -2.68. The maximum absolute atomic E-state index is 12.8. The zero-order valence-electron chi connectivity index (χ0n) is 12.4. The second kappa shape index (κ2) is 6.21. The Morgan fingerprint density at radius 3 is 2.52 bits per heavy atom. The molecule has 122 valence electrons. The molecule has 2 aromatic rings. The summed E-state index contributed by atoms with van der Waals surface area (Å²) in [7, 11) is -2.71. The van der Waals surface area contributed by atoms with Crippen molar-refractivity contribution in [2.75, 3.05) is 6.61 Å². The fraction of sp³-hybridized carbons (Fsp3) is 0.214. The summed E-state index contributed by atoms with van der Waals surface area (Å²) in [6, 6.07) is 4.98. The molecular weight excluding hydrogens is 324 g/mol. The molecule has 0 atom stereocenters. The Morgan fingerprint density at radius 1 is 1.26 bits per heavy atom. The van der Waals surface area contributed by atoms with Crippen LogP contribution in [0.4, 0.5) is 5.69 Å². The first kappa shape index (κ1) is 16.7. The van der Waals surface area contributed by atoms with E-state index < -0.39 is 31.3 Å². The first-order valence-corrected chi connectivity index (χ1v) is 8.09. The van der Waals surface area contributed by atoms with Crippen molar-refractivity contribution in [1.29, 1.82) is 0 Å². The van der Waals surface area contributed by atoms with Gasteiger partial charge in [-0.2, -0.15) is 0 Å². The highest BCUT2D eigenvalue weighted by molar-refractivity contribution is 7.91. The smallest absolute Gasteiger partial charge is 0.341 e. The molecule has 2 rings (SSSR count). The molecule has 23 heavy (non-hydrogen) atoms. The lowest BCUT2D eigenvalue weighted by Gasteiger charge is -2.06. The van der Waals surface area contributed by atoms with E-state index in [1.54, 1.807) is 14.0 Å². The molecule has 1 aromatic heterocycles. The number of nitro groups is 1. The molecule has 9 heteroatoms. The third-order valence-electron chi connectivity index (χ3n) is 3.06. The van der Waals surface area contributed by atoms with E-state index >= 15 is 0 Å². The second-order valence-corrected chi connectivity index (χ2v) is 6.54. The van der Waals surface area contributed by atoms with E-state index in [-0.39, 0.29) is 17.1 Å². The largest absolute Gasteiger partial charge is 0.462 e. The van der Waals surface area contributed by atoms with Gasteiger partial charge in [0.25, 0.3) is 5.69 Å². The number of nitro benzene ring substituents is 1. The lowest BCUT2D eigenvalue weighted by Crippen LogP contribution is -2.11. The maximum Gasteiger partial charge on any atom is 0.341 e. The molecule has 0 radical (unpaired) electrons. The van der Waals surface area contributed by atoms with Crippen LogP contribution in [0.25, 0.3) is 0 Å². The van der Waals surface area contributed by atoms with E-state index in [1.807, 2.05) is 0 Å². The predicted molar refractivity (Wildman–Crippen MR) is 79.9 cm³/mol. The Bertz CT molecular complexity index is 869. The van der Waals surface area contributed by atoms with Gasteiger partial charge in [-0.25, -0.2) is 13.2 Å². The number of para-hydroxylation sites is 1. The summed E-state index contributed by atoms with van der Waals surface area (Å²) in [5.41, 5.74) is -0.710. The minimum atomic E-state index is -4.25. The van der Waals surface area contributed by atoms with Crippen molar-refractivity contribution in [3.8, 4) is 0 Å². The van der Waals surface area contributed by atoms with Crippen molar-refractivity contribution >= 4 is 21.5 Å². The normalized spacial score (nSPS) is 11.2. The number of aryl methyl sites for hydroxylation is 1. The average Bonchev–Trinajstić information content (AvgIpc) is 2.90. The molecule has 1 aromatic carbocycles. The van der Waals surface area contributed by atoms with E-state index in [2.05, 4.69) is 0 Å². The van der Waals surface area contributed by atoms with Crippen molar-refractivity contribution in [1.82, 2.24) is 4.57 Å². The molecule has 0 saturated carbocycles. The number of carbonyl (C=O) groups is 1. The van der Waals surface area contributed by atoms with Crippen LogP contribution in [-0.2, 0) is 21.6 Å². The van der Waals surface area contributed by atoms with E-state index in [0.717, 1.165) is 12.1 Å². The fourth-order valence-corrected chi connectivity index (χ4v) is 3.73. The molecule has 0 aliphatic heterocycles. The van der Waals surface area contributed by atoms with Crippen molar-refractivity contribution in [2.45, 2.75) is 16.7 Å². The van der Waals surface area contributed by atoms with Crippen LogP contribution in [0.5, 0.6) is 0 Å². The summed E-state index contributed by atoms with van der Waals surface area (Å²) in [5, 5.41) is 11.1. The molecular formula is C14H14N2O6S. The van der Waals surface area contributed by atoms with Gasteiger partial charge < -0.3 is 9.30 Å². The lowest BCUT2D eigenvalue weighted by atomic mass is 10.3. The predicted octanol–water partition coefficient (Wildman–Crippen LogP) is 1.94. The standard InChI is InChI=1S/C14H14N2O6S/c1-3-22-14(17)10-8-15(2)9-13(10)23(20,21)12-7-5-4-6-11(12)16(18)19/h4-9H,3H2,1-2H3. The Morgan fingerprint density at radius 2 is 1.91 bits per heavy atom. The molecule has 0 aliphatic carbocycles. The van der Waals surface area contributed by atoms with Gasteiger partial charge in [0.1, 0.15) is 9.79 Å². The number of hydrogen-bond acceptors (Lipinski definition) is 6. The van der Waals surface area contributed by atoms with Gasteiger partial charge in [0.2, 0.25) is 9.84 Å². The van der Waals surface area contributed by atoms with Crippen LogP contribution in [0.15, 0.2) is 46.5 Å². The zero-order valence-corrected chi connectivity index (χ0v) is 13.2. The van der Waals surface area contributed by atoms with Gasteiger partial charge in [0, 0.05) is 25.5 Å². The third-order valence-corrected chi connectivity index (χ3v) is 4.88. The lowest BCUT2D eigenvalue weighted by molar-refractivity contribution is -0.387. The Labute approximate surface area is 132 Å². The Balaban J connectivity index is 2.67. The quantitative estimate of drug-likeness (QED) is 0.468. The molecule has 0 N–H and O–H groups in total. The monoisotopic (exact) mass is 338 g/mol. The van der Waals surface area contributed by atoms with Gasteiger partial charge in [-0.05, 0) is 13.0 Å². The van der Waals surface area contributed by atoms with Gasteiger partial charge in [0.05, 0.1) is 17.1 Å². The van der Waals surface area contributed by atoms with E-state index in [0.29, 0.717) is 0 Å². The van der Waals surface area contributed by atoms with E-state index in [1.165, 1.54) is 29.1 Å². The summed E-state index contributed by atoms with van der Waals surface area (Å²) in [6.07, 6.45) is 2.53. The van der Waals surface area contributed by atoms with E-state index in [9.17, 15) is 23.3 Å². The third kappa shape index (κ3) is 3.09. The maximum atomic E-state index is 12.8. The highest BCUT2D eigenvalue weighted by Crippen LogP contribution is 2.31. The zero-order chi connectivity index (χ0) is 17.2. The molecule has 8 nitrogen and oxygen atoms in total. The summed E-state index contributed by atoms with van der Waals surface area (Å²) < 4.78 is 31.8. The van der Waals surface area contributed by atoms with Crippen LogP contribution in [0.3, 0.4) is 0 Å². The van der Waals surface area contributed by atoms with Gasteiger partial charge in [0.15, 0.2) is 0 Å². The van der Waals surface area contributed by atoms with Gasteiger partial charge in [-0.1, -0.05) is 12.1 Å². The number of nitrogens with zero attached hydrogens (tertiary/aromatic N) is 2. The molecule has 1 heterocycles. The first-order valence-electron chi connectivity index (χ1n) is 6.60. The average molecular weight is 338 g/mol. The van der Waals surface area contributed by atoms with Crippen LogP contribution in [0.1, 0.15) is 17.3 Å².